The molecule has 3 aromatic rings. The first-order valence-electron chi connectivity index (χ1n) is 6.33. The molecule has 0 saturated carbocycles. The van der Waals surface area contributed by atoms with Crippen LogP contribution in [-0.4, -0.2) is 25.3 Å². The number of pyridine rings is 1. The molecule has 0 atom stereocenters. The Morgan fingerprint density at radius 1 is 1.13 bits per heavy atom. The van der Waals surface area contributed by atoms with Crippen molar-refractivity contribution in [3.05, 3.63) is 58.0 Å². The number of aromatic nitrogens is 5. The van der Waals surface area contributed by atoms with Gasteiger partial charge in [0.1, 0.15) is 11.4 Å². The lowest BCUT2D eigenvalue weighted by atomic mass is 10.2. The van der Waals surface area contributed by atoms with Crippen molar-refractivity contribution in [2.75, 3.05) is 0 Å². The second-order valence-electron chi connectivity index (χ2n) is 4.51. The minimum absolute atomic E-state index is 0.0553. The molecule has 0 aliphatic rings. The number of alkyl halides is 3. The average molecular weight is 323 g/mol. The van der Waals surface area contributed by atoms with Crippen LogP contribution in [0, 0.1) is 0 Å². The van der Waals surface area contributed by atoms with Crippen LogP contribution in [-0.2, 0) is 12.6 Å². The first kappa shape index (κ1) is 14.9. The van der Waals surface area contributed by atoms with Crippen LogP contribution in [0.4, 0.5) is 13.2 Å². The van der Waals surface area contributed by atoms with Gasteiger partial charge in [-0.1, -0.05) is 11.2 Å². The van der Waals surface area contributed by atoms with E-state index in [2.05, 4.69) is 25.3 Å². The van der Waals surface area contributed by atoms with E-state index in [1.165, 1.54) is 24.3 Å². The van der Waals surface area contributed by atoms with Gasteiger partial charge in [-0.15, -0.1) is 0 Å². The molecule has 0 radical (unpaired) electrons. The van der Waals surface area contributed by atoms with Crippen LogP contribution in [0.15, 0.2) is 39.6 Å². The maximum Gasteiger partial charge on any atom is 0.433 e. The summed E-state index contributed by atoms with van der Waals surface area (Å²) in [7, 11) is 0. The van der Waals surface area contributed by atoms with E-state index in [1.807, 2.05) is 0 Å². The summed E-state index contributed by atoms with van der Waals surface area (Å²) in [6.07, 6.45) is -4.57. The molecule has 10 heteroatoms. The largest absolute Gasteiger partial charge is 0.433 e. The van der Waals surface area contributed by atoms with Gasteiger partial charge in [0.15, 0.2) is 0 Å². The topological polar surface area (TPSA) is 97.6 Å². The molecule has 3 rings (SSSR count). The van der Waals surface area contributed by atoms with E-state index in [0.717, 1.165) is 6.07 Å². The Hall–Kier alpha value is -3.04. The first-order valence-corrected chi connectivity index (χ1v) is 6.33. The lowest BCUT2D eigenvalue weighted by molar-refractivity contribution is -0.141. The number of nitrogens with one attached hydrogen (secondary N) is 1. The van der Waals surface area contributed by atoms with Gasteiger partial charge in [-0.3, -0.25) is 4.79 Å². The molecule has 0 saturated heterocycles. The number of nitrogens with zero attached hydrogens (tertiary/aromatic N) is 4. The fourth-order valence-corrected chi connectivity index (χ4v) is 1.79. The molecule has 0 spiro atoms. The van der Waals surface area contributed by atoms with Gasteiger partial charge in [-0.05, 0) is 18.2 Å². The summed E-state index contributed by atoms with van der Waals surface area (Å²) in [6.45, 7) is 0. The molecule has 118 valence electrons. The van der Waals surface area contributed by atoms with Gasteiger partial charge < -0.3 is 4.52 Å². The summed E-state index contributed by atoms with van der Waals surface area (Å²) >= 11 is 0. The summed E-state index contributed by atoms with van der Waals surface area (Å²) in [5.74, 6) is 0.197. The van der Waals surface area contributed by atoms with Crippen molar-refractivity contribution in [3.8, 4) is 11.5 Å². The van der Waals surface area contributed by atoms with Gasteiger partial charge in [-0.2, -0.15) is 23.3 Å². The maximum absolute atomic E-state index is 12.6. The Morgan fingerprint density at radius 3 is 2.65 bits per heavy atom. The second-order valence-corrected chi connectivity index (χ2v) is 4.51. The molecule has 0 aliphatic carbocycles. The smallest absolute Gasteiger partial charge is 0.338 e. The third-order valence-electron chi connectivity index (χ3n) is 2.81. The average Bonchev–Trinajstić information content (AvgIpc) is 2.96. The number of hydrogen-bond donors (Lipinski definition) is 1. The standard InChI is InChI=1S/C13H8F3N5O2/c14-13(15,16)9-3-1-2-7(17-9)6-11-18-12(21-23-11)8-4-5-10(22)20-19-8/h1-5H,6H2,(H,20,22). The van der Waals surface area contributed by atoms with Crippen molar-refractivity contribution < 1.29 is 17.7 Å². The fourth-order valence-electron chi connectivity index (χ4n) is 1.79. The third kappa shape index (κ3) is 3.42. The van der Waals surface area contributed by atoms with Gasteiger partial charge in [0.05, 0.1) is 12.1 Å². The van der Waals surface area contributed by atoms with Crippen LogP contribution < -0.4 is 5.56 Å². The highest BCUT2D eigenvalue weighted by Crippen LogP contribution is 2.27. The molecule has 3 heterocycles. The molecule has 1 N–H and O–H groups in total. The lowest BCUT2D eigenvalue weighted by Crippen LogP contribution is -2.09. The Labute approximate surface area is 126 Å². The maximum atomic E-state index is 12.6. The molecule has 7 nitrogen and oxygen atoms in total. The molecule has 23 heavy (non-hydrogen) atoms. The molecule has 0 aromatic carbocycles. The van der Waals surface area contributed by atoms with Crippen LogP contribution in [0.25, 0.3) is 11.5 Å². The van der Waals surface area contributed by atoms with Crippen LogP contribution in [0.2, 0.25) is 0 Å². The van der Waals surface area contributed by atoms with Crippen molar-refractivity contribution in [2.24, 2.45) is 0 Å². The Balaban J connectivity index is 1.82. The Morgan fingerprint density at radius 2 is 1.96 bits per heavy atom. The minimum atomic E-state index is -4.52. The van der Waals surface area contributed by atoms with Gasteiger partial charge in [0.2, 0.25) is 11.7 Å². The number of H-pyrrole nitrogens is 1. The summed E-state index contributed by atoms with van der Waals surface area (Å²) in [6, 6.07) is 6.21. The van der Waals surface area contributed by atoms with Crippen molar-refractivity contribution in [1.29, 1.82) is 0 Å². The first-order chi connectivity index (χ1) is 10.9. The van der Waals surface area contributed by atoms with E-state index in [-0.39, 0.29) is 35.1 Å². The zero-order valence-corrected chi connectivity index (χ0v) is 11.3. The molecule has 0 unspecified atom stereocenters. The summed E-state index contributed by atoms with van der Waals surface area (Å²) in [5.41, 5.74) is -0.955. The zero-order valence-electron chi connectivity index (χ0n) is 11.3. The van der Waals surface area contributed by atoms with Gasteiger partial charge >= 0.3 is 6.18 Å². The molecule has 0 amide bonds. The van der Waals surface area contributed by atoms with Crippen LogP contribution in [0.3, 0.4) is 0 Å². The summed E-state index contributed by atoms with van der Waals surface area (Å²) < 4.78 is 42.8. The van der Waals surface area contributed by atoms with Crippen molar-refractivity contribution in [3.63, 3.8) is 0 Å². The molecular formula is C13H8F3N5O2. The third-order valence-corrected chi connectivity index (χ3v) is 2.81. The van der Waals surface area contributed by atoms with Crippen molar-refractivity contribution >= 4 is 0 Å². The number of halogens is 3. The van der Waals surface area contributed by atoms with E-state index >= 15 is 0 Å². The highest BCUT2D eigenvalue weighted by atomic mass is 19.4. The van der Waals surface area contributed by atoms with Gasteiger partial charge in [-0.25, -0.2) is 10.1 Å². The van der Waals surface area contributed by atoms with E-state index in [9.17, 15) is 18.0 Å². The van der Waals surface area contributed by atoms with E-state index in [4.69, 9.17) is 4.52 Å². The quantitative estimate of drug-likeness (QED) is 0.789. The predicted octanol–water partition coefficient (Wildman–Crippen LogP) is 1.82. The molecule has 0 aliphatic heterocycles. The van der Waals surface area contributed by atoms with E-state index in [1.54, 1.807) is 0 Å². The monoisotopic (exact) mass is 323 g/mol. The van der Waals surface area contributed by atoms with E-state index in [0.29, 0.717) is 0 Å². The number of aromatic amines is 1. The molecular weight excluding hydrogens is 315 g/mol. The van der Waals surface area contributed by atoms with Crippen LogP contribution in [0.1, 0.15) is 17.3 Å². The summed E-state index contributed by atoms with van der Waals surface area (Å²) in [5, 5.41) is 9.61. The van der Waals surface area contributed by atoms with E-state index < -0.39 is 11.9 Å². The Kier molecular flexibility index (Phi) is 3.64. The normalized spacial score (nSPS) is 11.6. The molecule has 0 fully saturated rings. The zero-order chi connectivity index (χ0) is 16.4. The van der Waals surface area contributed by atoms with Crippen molar-refractivity contribution in [2.45, 2.75) is 12.6 Å². The van der Waals surface area contributed by atoms with Crippen LogP contribution >= 0.6 is 0 Å². The summed E-state index contributed by atoms with van der Waals surface area (Å²) in [4.78, 5) is 18.5. The fraction of sp³-hybridized carbons (Fsp3) is 0.154. The minimum Gasteiger partial charge on any atom is -0.338 e. The van der Waals surface area contributed by atoms with Crippen molar-refractivity contribution in [1.82, 2.24) is 25.3 Å². The highest BCUT2D eigenvalue weighted by molar-refractivity contribution is 5.46. The molecule has 3 aromatic heterocycles. The lowest BCUT2D eigenvalue weighted by Gasteiger charge is -2.06. The highest BCUT2D eigenvalue weighted by Gasteiger charge is 2.32. The van der Waals surface area contributed by atoms with Gasteiger partial charge in [0.25, 0.3) is 5.56 Å². The predicted molar refractivity (Wildman–Crippen MR) is 70.2 cm³/mol. The number of hydrogen-bond acceptors (Lipinski definition) is 6. The van der Waals surface area contributed by atoms with Gasteiger partial charge in [0, 0.05) is 6.07 Å². The Bertz CT molecular complexity index is 867. The SMILES string of the molecule is O=c1ccc(-c2noc(Cc3cccc(C(F)(F)F)n3)n2)n[nH]1. The molecule has 0 bridgehead atoms. The number of rotatable bonds is 3. The van der Waals surface area contributed by atoms with Crippen LogP contribution in [0.5, 0.6) is 0 Å². The second kappa shape index (κ2) is 5.63.